The van der Waals surface area contributed by atoms with Gasteiger partial charge in [0.05, 0.1) is 5.56 Å². The maximum Gasteiger partial charge on any atom is 0.231 e. The number of Topliss-reactive ketones (excluding diaryl/α,β-unsaturated/α-hetero) is 1. The van der Waals surface area contributed by atoms with Gasteiger partial charge in [-0.3, -0.25) is 4.79 Å². The highest BCUT2D eigenvalue weighted by atomic mass is 35.5. The highest BCUT2D eigenvalue weighted by Crippen LogP contribution is 2.36. The van der Waals surface area contributed by atoms with Crippen LogP contribution in [0.15, 0.2) is 84.1 Å². The van der Waals surface area contributed by atoms with Gasteiger partial charge in [-0.15, -0.1) is 0 Å². The molecule has 3 aromatic rings. The second kappa shape index (κ2) is 7.97. The number of benzene rings is 3. The molecule has 0 aliphatic carbocycles. The van der Waals surface area contributed by atoms with Crippen molar-refractivity contribution in [1.82, 2.24) is 0 Å². The van der Waals surface area contributed by atoms with E-state index in [1.54, 1.807) is 24.3 Å². The zero-order valence-corrected chi connectivity index (χ0v) is 17.6. The first-order chi connectivity index (χ1) is 15.1. The van der Waals surface area contributed by atoms with Crippen LogP contribution in [0.5, 0.6) is 17.2 Å². The number of ketones is 1. The maximum atomic E-state index is 12.8. The fourth-order valence-electron chi connectivity index (χ4n) is 3.61. The van der Waals surface area contributed by atoms with Crippen LogP contribution in [0, 0.1) is 0 Å². The molecule has 0 amide bonds. The van der Waals surface area contributed by atoms with Crippen molar-refractivity contribution < 1.29 is 19.0 Å². The van der Waals surface area contributed by atoms with Crippen molar-refractivity contribution in [3.8, 4) is 17.2 Å². The topological polar surface area (TPSA) is 44.8 Å². The Morgan fingerprint density at radius 2 is 1.84 bits per heavy atom. The minimum atomic E-state index is -0.183. The van der Waals surface area contributed by atoms with Crippen LogP contribution >= 0.6 is 11.6 Å². The molecule has 3 aromatic carbocycles. The largest absolute Gasteiger partial charge is 0.489 e. The van der Waals surface area contributed by atoms with E-state index in [-0.39, 0.29) is 17.6 Å². The average molecular weight is 431 g/mol. The third kappa shape index (κ3) is 3.82. The van der Waals surface area contributed by atoms with Crippen LogP contribution in [0.25, 0.3) is 6.08 Å². The van der Waals surface area contributed by atoms with Gasteiger partial charge < -0.3 is 14.2 Å². The van der Waals surface area contributed by atoms with E-state index in [1.165, 1.54) is 0 Å². The molecule has 154 valence electrons. The normalized spacial score (nSPS) is 18.0. The molecule has 0 fully saturated rings. The monoisotopic (exact) mass is 430 g/mol. The maximum absolute atomic E-state index is 12.8. The summed E-state index contributed by atoms with van der Waals surface area (Å²) in [6.07, 6.45) is 3.60. The van der Waals surface area contributed by atoms with Gasteiger partial charge in [0.25, 0.3) is 0 Å². The van der Waals surface area contributed by atoms with E-state index >= 15 is 0 Å². The van der Waals surface area contributed by atoms with Gasteiger partial charge in [-0.05, 0) is 48.9 Å². The van der Waals surface area contributed by atoms with E-state index in [0.29, 0.717) is 28.7 Å². The number of hydrogen-bond acceptors (Lipinski definition) is 4. The SMILES string of the molecule is C[C@@H]1Oc2ccccc2C=C1C=C1Oc2cc(OCc3ccccc3Cl)ccc2C1=O. The summed E-state index contributed by atoms with van der Waals surface area (Å²) in [5.74, 6) is 2.05. The zero-order valence-electron chi connectivity index (χ0n) is 16.8. The van der Waals surface area contributed by atoms with Crippen molar-refractivity contribution in [3.05, 3.63) is 106 Å². The van der Waals surface area contributed by atoms with Gasteiger partial charge in [0.1, 0.15) is 30.0 Å². The van der Waals surface area contributed by atoms with Crippen molar-refractivity contribution in [1.29, 1.82) is 0 Å². The summed E-state index contributed by atoms with van der Waals surface area (Å²) in [7, 11) is 0. The third-order valence-corrected chi connectivity index (χ3v) is 5.67. The third-order valence-electron chi connectivity index (χ3n) is 5.31. The number of halogens is 1. The predicted octanol–water partition coefficient (Wildman–Crippen LogP) is 6.24. The Balaban J connectivity index is 1.36. The lowest BCUT2D eigenvalue weighted by Gasteiger charge is -2.22. The van der Waals surface area contributed by atoms with Gasteiger partial charge in [0.2, 0.25) is 5.78 Å². The second-order valence-corrected chi connectivity index (χ2v) is 7.83. The van der Waals surface area contributed by atoms with Crippen LogP contribution in [0.3, 0.4) is 0 Å². The number of para-hydroxylation sites is 1. The highest BCUT2D eigenvalue weighted by Gasteiger charge is 2.29. The summed E-state index contributed by atoms with van der Waals surface area (Å²) >= 11 is 6.19. The van der Waals surface area contributed by atoms with Gasteiger partial charge in [-0.25, -0.2) is 0 Å². The molecule has 0 bridgehead atoms. The van der Waals surface area contributed by atoms with E-state index in [0.717, 1.165) is 22.4 Å². The van der Waals surface area contributed by atoms with E-state index in [2.05, 4.69) is 0 Å². The number of carbonyl (C=O) groups is 1. The Kier molecular flexibility index (Phi) is 5.00. The number of hydrogen-bond donors (Lipinski definition) is 0. The smallest absolute Gasteiger partial charge is 0.231 e. The quantitative estimate of drug-likeness (QED) is 0.459. The molecule has 2 heterocycles. The molecule has 0 spiro atoms. The summed E-state index contributed by atoms with van der Waals surface area (Å²) in [6, 6.07) is 20.6. The van der Waals surface area contributed by atoms with Crippen molar-refractivity contribution in [2.75, 3.05) is 0 Å². The minimum absolute atomic E-state index is 0.153. The molecular formula is C26H19ClO4. The molecule has 5 heteroatoms. The summed E-state index contributed by atoms with van der Waals surface area (Å²) < 4.78 is 17.7. The molecule has 0 radical (unpaired) electrons. The van der Waals surface area contributed by atoms with Crippen LogP contribution < -0.4 is 14.2 Å². The predicted molar refractivity (Wildman–Crippen MR) is 120 cm³/mol. The van der Waals surface area contributed by atoms with Crippen molar-refractivity contribution in [3.63, 3.8) is 0 Å². The molecular weight excluding hydrogens is 412 g/mol. The van der Waals surface area contributed by atoms with Gasteiger partial charge in [-0.2, -0.15) is 0 Å². The molecule has 0 saturated heterocycles. The second-order valence-electron chi connectivity index (χ2n) is 7.42. The number of carbonyl (C=O) groups excluding carboxylic acids is 1. The number of rotatable bonds is 4. The zero-order chi connectivity index (χ0) is 21.4. The van der Waals surface area contributed by atoms with Crippen LogP contribution in [0.1, 0.15) is 28.4 Å². The average Bonchev–Trinajstić information content (AvgIpc) is 3.08. The van der Waals surface area contributed by atoms with E-state index in [4.69, 9.17) is 25.8 Å². The van der Waals surface area contributed by atoms with Crippen LogP contribution in [-0.4, -0.2) is 11.9 Å². The Labute approximate surface area is 185 Å². The molecule has 5 rings (SSSR count). The van der Waals surface area contributed by atoms with Gasteiger partial charge in [0.15, 0.2) is 5.76 Å². The Hall–Kier alpha value is -3.50. The lowest BCUT2D eigenvalue weighted by Crippen LogP contribution is -2.18. The van der Waals surface area contributed by atoms with Gasteiger partial charge in [0, 0.05) is 22.2 Å². The summed E-state index contributed by atoms with van der Waals surface area (Å²) in [5.41, 5.74) is 3.26. The molecule has 31 heavy (non-hydrogen) atoms. The van der Waals surface area contributed by atoms with E-state index < -0.39 is 0 Å². The lowest BCUT2D eigenvalue weighted by molar-refractivity contribution is 0.101. The minimum Gasteiger partial charge on any atom is -0.489 e. The van der Waals surface area contributed by atoms with Gasteiger partial charge >= 0.3 is 0 Å². The van der Waals surface area contributed by atoms with Crippen molar-refractivity contribution in [2.24, 2.45) is 0 Å². The fraction of sp³-hybridized carbons (Fsp3) is 0.115. The number of fused-ring (bicyclic) bond motifs is 2. The van der Waals surface area contributed by atoms with Crippen molar-refractivity contribution in [2.45, 2.75) is 19.6 Å². The lowest BCUT2D eigenvalue weighted by atomic mass is 10.0. The summed E-state index contributed by atoms with van der Waals surface area (Å²) in [6.45, 7) is 2.28. The Morgan fingerprint density at radius 3 is 2.71 bits per heavy atom. The van der Waals surface area contributed by atoms with Crippen LogP contribution in [0.4, 0.5) is 0 Å². The molecule has 2 aliphatic rings. The van der Waals surface area contributed by atoms with Crippen molar-refractivity contribution >= 4 is 23.5 Å². The Bertz CT molecular complexity index is 1240. The summed E-state index contributed by atoms with van der Waals surface area (Å²) in [4.78, 5) is 12.8. The molecule has 1 atom stereocenters. The van der Waals surface area contributed by atoms with Crippen LogP contribution in [0.2, 0.25) is 5.02 Å². The number of ether oxygens (including phenoxy) is 3. The molecule has 0 saturated carbocycles. The molecule has 0 aromatic heterocycles. The first kappa shape index (κ1) is 19.5. The van der Waals surface area contributed by atoms with Gasteiger partial charge in [-0.1, -0.05) is 48.0 Å². The first-order valence-corrected chi connectivity index (χ1v) is 10.4. The molecule has 2 aliphatic heterocycles. The highest BCUT2D eigenvalue weighted by molar-refractivity contribution is 6.31. The van der Waals surface area contributed by atoms with Crippen LogP contribution in [-0.2, 0) is 6.61 Å². The first-order valence-electron chi connectivity index (χ1n) is 10.0. The Morgan fingerprint density at radius 1 is 1.03 bits per heavy atom. The molecule has 4 nitrogen and oxygen atoms in total. The molecule has 0 unspecified atom stereocenters. The van der Waals surface area contributed by atoms with E-state index in [1.807, 2.05) is 61.5 Å². The summed E-state index contributed by atoms with van der Waals surface area (Å²) in [5, 5.41) is 0.652. The number of allylic oxidation sites excluding steroid dienone is 1. The fourth-order valence-corrected chi connectivity index (χ4v) is 3.80. The molecule has 0 N–H and O–H groups in total. The van der Waals surface area contributed by atoms with E-state index in [9.17, 15) is 4.79 Å². The standard InChI is InChI=1S/C26H19ClO4/c1-16-19(12-17-6-3-5-9-23(17)30-16)13-25-26(28)21-11-10-20(14-24(21)31-25)29-15-18-7-2-4-8-22(18)27/h2-14,16H,15H2,1H3/t16-/m0/s1.